The number of rotatable bonds is 4. The fourth-order valence-corrected chi connectivity index (χ4v) is 3.14. The van der Waals surface area contributed by atoms with E-state index in [0.29, 0.717) is 5.92 Å². The molecule has 0 bridgehead atoms. The largest absolute Gasteiger partial charge is 0.444 e. The van der Waals surface area contributed by atoms with Gasteiger partial charge in [-0.2, -0.15) is 0 Å². The van der Waals surface area contributed by atoms with Crippen molar-refractivity contribution >= 4 is 12.4 Å². The summed E-state index contributed by atoms with van der Waals surface area (Å²) in [7, 11) is 0. The second kappa shape index (κ2) is 6.80. The first-order valence-electron chi connectivity index (χ1n) is 8.05. The first kappa shape index (κ1) is 18.0. The van der Waals surface area contributed by atoms with Crippen molar-refractivity contribution in [2.45, 2.75) is 78.4 Å². The van der Waals surface area contributed by atoms with E-state index in [1.807, 2.05) is 27.7 Å². The smallest absolute Gasteiger partial charge is 0.408 e. The second-order valence-electron chi connectivity index (χ2n) is 7.88. The Hall–Kier alpha value is -1.06. The molecule has 0 aliphatic heterocycles. The van der Waals surface area contributed by atoms with Gasteiger partial charge in [0.2, 0.25) is 0 Å². The molecule has 0 heterocycles. The number of aldehydes is 1. The van der Waals surface area contributed by atoms with E-state index >= 15 is 0 Å². The minimum Gasteiger partial charge on any atom is -0.444 e. The van der Waals surface area contributed by atoms with Crippen LogP contribution in [0.5, 0.6) is 0 Å². The third-order valence-corrected chi connectivity index (χ3v) is 4.58. The van der Waals surface area contributed by atoms with Gasteiger partial charge in [0.1, 0.15) is 11.9 Å². The van der Waals surface area contributed by atoms with Crippen LogP contribution in [-0.4, -0.2) is 23.5 Å². The number of nitrogens with one attached hydrogen (secondary N) is 1. The van der Waals surface area contributed by atoms with E-state index in [9.17, 15) is 9.59 Å². The van der Waals surface area contributed by atoms with Crippen molar-refractivity contribution < 1.29 is 14.3 Å². The van der Waals surface area contributed by atoms with Gasteiger partial charge in [-0.05, 0) is 71.1 Å². The monoisotopic (exact) mass is 297 g/mol. The number of ether oxygens (including phenoxy) is 1. The summed E-state index contributed by atoms with van der Waals surface area (Å²) in [4.78, 5) is 23.5. The highest BCUT2D eigenvalue weighted by Gasteiger charge is 2.39. The van der Waals surface area contributed by atoms with Crippen molar-refractivity contribution in [3.8, 4) is 0 Å². The Bertz CT molecular complexity index is 365. The van der Waals surface area contributed by atoms with E-state index < -0.39 is 17.2 Å². The topological polar surface area (TPSA) is 55.4 Å². The Labute approximate surface area is 129 Å². The summed E-state index contributed by atoms with van der Waals surface area (Å²) in [6.07, 6.45) is 4.57. The number of hydrogen-bond donors (Lipinski definition) is 1. The van der Waals surface area contributed by atoms with E-state index in [1.54, 1.807) is 0 Å². The molecule has 0 radical (unpaired) electrons. The number of carbonyl (C=O) groups is 2. The van der Waals surface area contributed by atoms with Crippen LogP contribution in [0.15, 0.2) is 0 Å². The SMILES string of the molecule is CC(C)C1CCC(C(C)(C=O)NC(=O)OC(C)(C)C)CC1. The van der Waals surface area contributed by atoms with Crippen LogP contribution >= 0.6 is 0 Å². The molecule has 1 aliphatic rings. The lowest BCUT2D eigenvalue weighted by Gasteiger charge is -2.39. The van der Waals surface area contributed by atoms with Gasteiger partial charge in [0, 0.05) is 0 Å². The molecule has 0 aromatic carbocycles. The molecule has 1 atom stereocenters. The van der Waals surface area contributed by atoms with Crippen LogP contribution < -0.4 is 5.32 Å². The van der Waals surface area contributed by atoms with Gasteiger partial charge in [-0.25, -0.2) is 4.79 Å². The molecule has 0 spiro atoms. The van der Waals surface area contributed by atoms with Crippen LogP contribution in [0.2, 0.25) is 0 Å². The van der Waals surface area contributed by atoms with Crippen LogP contribution in [0.3, 0.4) is 0 Å². The van der Waals surface area contributed by atoms with Crippen molar-refractivity contribution in [3.63, 3.8) is 0 Å². The molecule has 1 unspecified atom stereocenters. The van der Waals surface area contributed by atoms with Crippen LogP contribution in [0.25, 0.3) is 0 Å². The van der Waals surface area contributed by atoms with Gasteiger partial charge < -0.3 is 14.8 Å². The molecule has 1 amide bonds. The lowest BCUT2D eigenvalue weighted by atomic mass is 9.70. The van der Waals surface area contributed by atoms with Gasteiger partial charge in [0.25, 0.3) is 0 Å². The second-order valence-corrected chi connectivity index (χ2v) is 7.88. The Kier molecular flexibility index (Phi) is 5.83. The van der Waals surface area contributed by atoms with E-state index in [2.05, 4.69) is 19.2 Å². The molecule has 1 N–H and O–H groups in total. The molecule has 0 saturated heterocycles. The van der Waals surface area contributed by atoms with E-state index in [1.165, 1.54) is 0 Å². The Morgan fingerprint density at radius 1 is 1.14 bits per heavy atom. The van der Waals surface area contributed by atoms with Crippen molar-refractivity contribution in [1.82, 2.24) is 5.32 Å². The van der Waals surface area contributed by atoms with E-state index in [0.717, 1.165) is 37.9 Å². The van der Waals surface area contributed by atoms with Crippen molar-refractivity contribution in [1.29, 1.82) is 0 Å². The minimum absolute atomic E-state index is 0.192. The van der Waals surface area contributed by atoms with Gasteiger partial charge in [0.15, 0.2) is 0 Å². The number of amides is 1. The third kappa shape index (κ3) is 5.33. The average Bonchev–Trinajstić information content (AvgIpc) is 2.36. The van der Waals surface area contributed by atoms with E-state index in [4.69, 9.17) is 4.74 Å². The summed E-state index contributed by atoms with van der Waals surface area (Å²) in [5.74, 6) is 1.61. The quantitative estimate of drug-likeness (QED) is 0.800. The number of alkyl carbamates (subject to hydrolysis) is 1. The average molecular weight is 297 g/mol. The third-order valence-electron chi connectivity index (χ3n) is 4.58. The molecule has 21 heavy (non-hydrogen) atoms. The Balaban J connectivity index is 2.64. The zero-order chi connectivity index (χ0) is 16.3. The maximum absolute atomic E-state index is 12.0. The van der Waals surface area contributed by atoms with Crippen LogP contribution in [0.1, 0.15) is 67.2 Å². The van der Waals surface area contributed by atoms with Crippen LogP contribution in [-0.2, 0) is 9.53 Å². The minimum atomic E-state index is -0.829. The van der Waals surface area contributed by atoms with Crippen LogP contribution in [0, 0.1) is 17.8 Å². The summed E-state index contributed by atoms with van der Waals surface area (Å²) in [5.41, 5.74) is -1.38. The first-order valence-corrected chi connectivity index (χ1v) is 8.05. The summed E-state index contributed by atoms with van der Waals surface area (Å²) < 4.78 is 5.28. The summed E-state index contributed by atoms with van der Waals surface area (Å²) in [5, 5.41) is 2.78. The highest BCUT2D eigenvalue weighted by Crippen LogP contribution is 2.37. The molecular formula is C17H31NO3. The molecule has 1 aliphatic carbocycles. The number of carbonyl (C=O) groups excluding carboxylic acids is 2. The van der Waals surface area contributed by atoms with Gasteiger partial charge >= 0.3 is 6.09 Å². The maximum Gasteiger partial charge on any atom is 0.408 e. The molecule has 1 saturated carbocycles. The zero-order valence-electron chi connectivity index (χ0n) is 14.4. The van der Waals surface area contributed by atoms with Crippen molar-refractivity contribution in [2.24, 2.45) is 17.8 Å². The summed E-state index contributed by atoms with van der Waals surface area (Å²) in [6.45, 7) is 11.8. The molecule has 1 rings (SSSR count). The molecular weight excluding hydrogens is 266 g/mol. The molecule has 4 heteroatoms. The fraction of sp³-hybridized carbons (Fsp3) is 0.882. The standard InChI is InChI=1S/C17H31NO3/c1-12(2)13-7-9-14(10-8-13)17(6,11-19)18-15(20)21-16(3,4)5/h11-14H,7-10H2,1-6H3,(H,18,20). The van der Waals surface area contributed by atoms with Crippen molar-refractivity contribution in [2.75, 3.05) is 0 Å². The highest BCUT2D eigenvalue weighted by atomic mass is 16.6. The molecule has 0 aromatic heterocycles. The van der Waals surface area contributed by atoms with Crippen LogP contribution in [0.4, 0.5) is 4.79 Å². The van der Waals surface area contributed by atoms with Crippen molar-refractivity contribution in [3.05, 3.63) is 0 Å². The lowest BCUT2D eigenvalue weighted by Crippen LogP contribution is -2.54. The number of hydrogen-bond acceptors (Lipinski definition) is 3. The summed E-state index contributed by atoms with van der Waals surface area (Å²) in [6, 6.07) is 0. The van der Waals surface area contributed by atoms with E-state index in [-0.39, 0.29) is 5.92 Å². The predicted molar refractivity (Wildman–Crippen MR) is 84.1 cm³/mol. The Morgan fingerprint density at radius 3 is 2.05 bits per heavy atom. The lowest BCUT2D eigenvalue weighted by molar-refractivity contribution is -0.115. The van der Waals surface area contributed by atoms with Gasteiger partial charge in [0.05, 0.1) is 5.54 Å². The molecule has 122 valence electrons. The normalized spacial score (nSPS) is 26.0. The zero-order valence-corrected chi connectivity index (χ0v) is 14.4. The maximum atomic E-state index is 12.0. The fourth-order valence-electron chi connectivity index (χ4n) is 3.14. The first-order chi connectivity index (χ1) is 9.57. The van der Waals surface area contributed by atoms with Gasteiger partial charge in [-0.3, -0.25) is 0 Å². The molecule has 1 fully saturated rings. The predicted octanol–water partition coefficient (Wildman–Crippen LogP) is 3.93. The Morgan fingerprint density at radius 2 is 1.67 bits per heavy atom. The molecule has 0 aromatic rings. The highest BCUT2D eigenvalue weighted by molar-refractivity contribution is 5.76. The van der Waals surface area contributed by atoms with Gasteiger partial charge in [-0.15, -0.1) is 0 Å². The molecule has 4 nitrogen and oxygen atoms in total. The summed E-state index contributed by atoms with van der Waals surface area (Å²) >= 11 is 0. The van der Waals surface area contributed by atoms with Gasteiger partial charge in [-0.1, -0.05) is 13.8 Å².